The Morgan fingerprint density at radius 2 is 2.15 bits per heavy atom. The highest BCUT2D eigenvalue weighted by Gasteiger charge is 2.13. The number of pyridine rings is 1. The van der Waals surface area contributed by atoms with Crippen molar-refractivity contribution in [2.24, 2.45) is 0 Å². The number of hydrogen-bond donors (Lipinski definition) is 1. The van der Waals surface area contributed by atoms with Crippen molar-refractivity contribution in [1.29, 1.82) is 0 Å². The molecule has 9 nitrogen and oxygen atoms in total. The van der Waals surface area contributed by atoms with Crippen molar-refractivity contribution >= 4 is 12.1 Å². The van der Waals surface area contributed by atoms with Crippen LogP contribution in [0.3, 0.4) is 0 Å². The van der Waals surface area contributed by atoms with Crippen LogP contribution >= 0.6 is 0 Å². The van der Waals surface area contributed by atoms with Gasteiger partial charge in [-0.05, 0) is 18.6 Å². The molecule has 9 heteroatoms. The van der Waals surface area contributed by atoms with Crippen molar-refractivity contribution in [2.45, 2.75) is 26.3 Å². The van der Waals surface area contributed by atoms with Gasteiger partial charge in [-0.2, -0.15) is 5.10 Å². The molecule has 0 spiro atoms. The Morgan fingerprint density at radius 1 is 1.31 bits per heavy atom. The van der Waals surface area contributed by atoms with Crippen LogP contribution in [0.2, 0.25) is 0 Å². The second-order valence-corrected chi connectivity index (χ2v) is 5.46. The molecule has 4 rings (SSSR count). The van der Waals surface area contributed by atoms with Crippen molar-refractivity contribution in [2.75, 3.05) is 0 Å². The Kier molecular flexibility index (Phi) is 5.37. The van der Waals surface area contributed by atoms with Gasteiger partial charge in [-0.3, -0.25) is 4.79 Å². The quantitative estimate of drug-likeness (QED) is 0.547. The molecular weight excluding hydrogens is 336 g/mol. The lowest BCUT2D eigenvalue weighted by Crippen LogP contribution is -2.04. The van der Waals surface area contributed by atoms with Crippen molar-refractivity contribution in [3.8, 4) is 11.5 Å². The summed E-state index contributed by atoms with van der Waals surface area (Å²) in [6, 6.07) is 7.84. The van der Waals surface area contributed by atoms with Crippen LogP contribution in [-0.4, -0.2) is 40.9 Å². The SMILES string of the molecule is CCCc1cc(Cn2ccnc2-c2cccc3ncnn23)on1.O=CO. The van der Waals surface area contributed by atoms with E-state index in [4.69, 9.17) is 14.4 Å². The molecule has 0 aliphatic rings. The zero-order chi connectivity index (χ0) is 18.4. The molecular formula is C17H18N6O3. The van der Waals surface area contributed by atoms with Crippen molar-refractivity contribution in [3.05, 3.63) is 54.4 Å². The Bertz CT molecular complexity index is 987. The zero-order valence-corrected chi connectivity index (χ0v) is 14.2. The maximum atomic E-state index is 8.36. The Hall–Kier alpha value is -3.49. The molecule has 0 atom stereocenters. The minimum atomic E-state index is -0.250. The van der Waals surface area contributed by atoms with Crippen LogP contribution in [0.4, 0.5) is 0 Å². The molecule has 0 saturated carbocycles. The first-order chi connectivity index (χ1) is 12.8. The molecule has 0 saturated heterocycles. The van der Waals surface area contributed by atoms with Crippen LogP contribution in [0.15, 0.2) is 47.5 Å². The third-order valence-corrected chi connectivity index (χ3v) is 3.69. The van der Waals surface area contributed by atoms with E-state index < -0.39 is 0 Å². The van der Waals surface area contributed by atoms with Crippen LogP contribution in [0.5, 0.6) is 0 Å². The van der Waals surface area contributed by atoms with Crippen molar-refractivity contribution in [1.82, 2.24) is 29.3 Å². The third kappa shape index (κ3) is 3.61. The highest BCUT2D eigenvalue weighted by molar-refractivity contribution is 5.56. The fraction of sp³-hybridized carbons (Fsp3) is 0.235. The van der Waals surface area contributed by atoms with Gasteiger partial charge in [-0.1, -0.05) is 24.6 Å². The summed E-state index contributed by atoms with van der Waals surface area (Å²) in [5.74, 6) is 1.63. The lowest BCUT2D eigenvalue weighted by Gasteiger charge is -2.07. The summed E-state index contributed by atoms with van der Waals surface area (Å²) in [5, 5.41) is 15.3. The molecule has 0 bridgehead atoms. The zero-order valence-electron chi connectivity index (χ0n) is 14.2. The minimum Gasteiger partial charge on any atom is -0.483 e. The van der Waals surface area contributed by atoms with Gasteiger partial charge >= 0.3 is 0 Å². The van der Waals surface area contributed by atoms with E-state index in [0.29, 0.717) is 6.54 Å². The summed E-state index contributed by atoms with van der Waals surface area (Å²) in [4.78, 5) is 17.0. The number of carboxylic acid groups (broad SMARTS) is 1. The monoisotopic (exact) mass is 354 g/mol. The molecule has 4 aromatic rings. The summed E-state index contributed by atoms with van der Waals surface area (Å²) in [7, 11) is 0. The lowest BCUT2D eigenvalue weighted by molar-refractivity contribution is -0.122. The van der Waals surface area contributed by atoms with Gasteiger partial charge in [0, 0.05) is 18.5 Å². The van der Waals surface area contributed by atoms with E-state index in [1.807, 2.05) is 35.0 Å². The van der Waals surface area contributed by atoms with E-state index in [2.05, 4.69) is 27.1 Å². The topological polar surface area (TPSA) is 111 Å². The lowest BCUT2D eigenvalue weighted by atomic mass is 10.2. The minimum absolute atomic E-state index is 0.250. The van der Waals surface area contributed by atoms with Gasteiger partial charge < -0.3 is 14.2 Å². The number of nitrogens with zero attached hydrogens (tertiary/aromatic N) is 6. The first-order valence-corrected chi connectivity index (χ1v) is 8.09. The summed E-state index contributed by atoms with van der Waals surface area (Å²) in [6.45, 7) is 2.46. The van der Waals surface area contributed by atoms with Gasteiger partial charge in [0.1, 0.15) is 12.0 Å². The summed E-state index contributed by atoms with van der Waals surface area (Å²) >= 11 is 0. The van der Waals surface area contributed by atoms with Crippen molar-refractivity contribution in [3.63, 3.8) is 0 Å². The molecule has 4 aromatic heterocycles. The Balaban J connectivity index is 0.000000613. The highest BCUT2D eigenvalue weighted by Crippen LogP contribution is 2.19. The number of rotatable bonds is 5. The smallest absolute Gasteiger partial charge is 0.290 e. The average molecular weight is 354 g/mol. The van der Waals surface area contributed by atoms with E-state index in [9.17, 15) is 0 Å². The van der Waals surface area contributed by atoms with E-state index in [1.165, 1.54) is 0 Å². The molecule has 0 radical (unpaired) electrons. The highest BCUT2D eigenvalue weighted by atomic mass is 16.5. The predicted octanol–water partition coefficient (Wildman–Crippen LogP) is 2.28. The van der Waals surface area contributed by atoms with Gasteiger partial charge in [0.2, 0.25) is 0 Å². The number of fused-ring (bicyclic) bond motifs is 1. The average Bonchev–Trinajstić information content (AvgIpc) is 3.37. The summed E-state index contributed by atoms with van der Waals surface area (Å²) in [6.07, 6.45) is 7.22. The fourth-order valence-electron chi connectivity index (χ4n) is 2.66. The maximum Gasteiger partial charge on any atom is 0.290 e. The molecule has 0 aliphatic carbocycles. The van der Waals surface area contributed by atoms with Crippen LogP contribution in [0.25, 0.3) is 17.2 Å². The molecule has 134 valence electrons. The van der Waals surface area contributed by atoms with E-state index in [1.54, 1.807) is 17.0 Å². The predicted molar refractivity (Wildman–Crippen MR) is 92.5 cm³/mol. The number of aromatic nitrogens is 6. The molecule has 26 heavy (non-hydrogen) atoms. The first kappa shape index (κ1) is 17.3. The van der Waals surface area contributed by atoms with Crippen LogP contribution in [-0.2, 0) is 17.8 Å². The molecule has 0 unspecified atom stereocenters. The molecule has 1 N–H and O–H groups in total. The van der Waals surface area contributed by atoms with E-state index in [-0.39, 0.29) is 6.47 Å². The number of imidazole rings is 1. The van der Waals surface area contributed by atoms with Gasteiger partial charge in [0.05, 0.1) is 12.2 Å². The Labute approximate surface area is 148 Å². The van der Waals surface area contributed by atoms with Gasteiger partial charge in [0.25, 0.3) is 6.47 Å². The standard InChI is InChI=1S/C16H16N6O.CH2O2/c1-2-4-12-9-13(23-20-12)10-21-8-7-17-16(21)14-5-3-6-15-18-11-19-22(14)15;2-1-3/h3,5-9,11H,2,4,10H2,1H3;1H,(H,2,3). The molecule has 0 aromatic carbocycles. The maximum absolute atomic E-state index is 8.36. The summed E-state index contributed by atoms with van der Waals surface area (Å²) in [5.41, 5.74) is 2.67. The largest absolute Gasteiger partial charge is 0.483 e. The third-order valence-electron chi connectivity index (χ3n) is 3.69. The first-order valence-electron chi connectivity index (χ1n) is 8.09. The van der Waals surface area contributed by atoms with Crippen LogP contribution in [0, 0.1) is 0 Å². The molecule has 4 heterocycles. The van der Waals surface area contributed by atoms with E-state index in [0.717, 1.165) is 41.5 Å². The molecule has 0 amide bonds. The van der Waals surface area contributed by atoms with Crippen LogP contribution in [0.1, 0.15) is 24.8 Å². The normalized spacial score (nSPS) is 10.5. The fourth-order valence-corrected chi connectivity index (χ4v) is 2.66. The molecule has 0 fully saturated rings. The molecule has 0 aliphatic heterocycles. The number of carbonyl (C=O) groups is 1. The van der Waals surface area contributed by atoms with E-state index >= 15 is 0 Å². The van der Waals surface area contributed by atoms with Crippen LogP contribution < -0.4 is 0 Å². The van der Waals surface area contributed by atoms with Gasteiger partial charge in [-0.15, -0.1) is 0 Å². The number of hydrogen-bond acceptors (Lipinski definition) is 6. The second-order valence-electron chi connectivity index (χ2n) is 5.46. The second kappa shape index (κ2) is 8.06. The van der Waals surface area contributed by atoms with Crippen molar-refractivity contribution < 1.29 is 14.4 Å². The van der Waals surface area contributed by atoms with Gasteiger partial charge in [0.15, 0.2) is 17.2 Å². The van der Waals surface area contributed by atoms with Gasteiger partial charge in [-0.25, -0.2) is 14.5 Å². The Morgan fingerprint density at radius 3 is 2.96 bits per heavy atom. The number of aryl methyl sites for hydroxylation is 1. The summed E-state index contributed by atoms with van der Waals surface area (Å²) < 4.78 is 9.22.